The van der Waals surface area contributed by atoms with E-state index in [0.29, 0.717) is 0 Å². The van der Waals surface area contributed by atoms with Gasteiger partial charge in [-0.25, -0.2) is 0 Å². The van der Waals surface area contributed by atoms with E-state index in [0.717, 1.165) is 13.0 Å². The first-order valence-corrected chi connectivity index (χ1v) is 6.75. The highest BCUT2D eigenvalue weighted by molar-refractivity contribution is 5.80. The molecule has 0 aromatic heterocycles. The van der Waals surface area contributed by atoms with Crippen molar-refractivity contribution in [2.24, 2.45) is 0 Å². The van der Waals surface area contributed by atoms with E-state index in [1.807, 2.05) is 0 Å². The van der Waals surface area contributed by atoms with Crippen LogP contribution in [-0.4, -0.2) is 6.61 Å². The van der Waals surface area contributed by atoms with Gasteiger partial charge in [-0.15, -0.1) is 0 Å². The summed E-state index contributed by atoms with van der Waals surface area (Å²) in [5.74, 6) is 0. The lowest BCUT2D eigenvalue weighted by atomic mass is 9.84. The van der Waals surface area contributed by atoms with Gasteiger partial charge >= 0.3 is 0 Å². The van der Waals surface area contributed by atoms with Gasteiger partial charge in [-0.2, -0.15) is 0 Å². The normalized spacial score (nSPS) is 19.6. The fourth-order valence-corrected chi connectivity index (χ4v) is 3.50. The second-order valence-electron chi connectivity index (χ2n) is 5.22. The zero-order chi connectivity index (χ0) is 12.0. The Hall–Kier alpha value is -1.60. The molecule has 1 fully saturated rings. The van der Waals surface area contributed by atoms with Crippen molar-refractivity contribution in [2.45, 2.75) is 24.9 Å². The van der Waals surface area contributed by atoms with Crippen LogP contribution in [0, 0.1) is 0 Å². The zero-order valence-corrected chi connectivity index (χ0v) is 10.4. The van der Waals surface area contributed by atoms with Crippen LogP contribution in [0.3, 0.4) is 0 Å². The summed E-state index contributed by atoms with van der Waals surface area (Å²) in [5.41, 5.74) is 5.28. The summed E-state index contributed by atoms with van der Waals surface area (Å²) in [4.78, 5) is 0. The maximum atomic E-state index is 6.28. The first kappa shape index (κ1) is 10.3. The Kier molecular flexibility index (Phi) is 2.12. The molecule has 0 atom stereocenters. The van der Waals surface area contributed by atoms with Crippen molar-refractivity contribution in [1.29, 1.82) is 0 Å². The average Bonchev–Trinajstić information content (AvgIpc) is 2.72. The maximum absolute atomic E-state index is 6.28. The molecule has 4 rings (SSSR count). The van der Waals surface area contributed by atoms with Crippen molar-refractivity contribution in [3.63, 3.8) is 0 Å². The third-order valence-corrected chi connectivity index (χ3v) is 4.29. The summed E-state index contributed by atoms with van der Waals surface area (Å²) in [5, 5.41) is 0. The van der Waals surface area contributed by atoms with Crippen LogP contribution in [0.1, 0.15) is 30.4 Å². The van der Waals surface area contributed by atoms with Gasteiger partial charge in [0.05, 0.1) is 0 Å². The Morgan fingerprint density at radius 1 is 0.778 bits per heavy atom. The molecule has 0 amide bonds. The molecule has 0 N–H and O–H groups in total. The van der Waals surface area contributed by atoms with E-state index >= 15 is 0 Å². The standard InChI is InChI=1S/C17H16O/c1-3-9-15-13(7-1)14-8-2-4-10-16(14)17(15)11-5-6-12-18-17/h1-4,7-10H,5-6,11-12H2. The zero-order valence-electron chi connectivity index (χ0n) is 10.4. The third-order valence-electron chi connectivity index (χ3n) is 4.29. The van der Waals surface area contributed by atoms with E-state index in [1.165, 1.54) is 35.1 Å². The molecule has 1 aliphatic heterocycles. The summed E-state index contributed by atoms with van der Waals surface area (Å²) >= 11 is 0. The highest BCUT2D eigenvalue weighted by Gasteiger charge is 2.44. The lowest BCUT2D eigenvalue weighted by Gasteiger charge is -2.35. The lowest BCUT2D eigenvalue weighted by Crippen LogP contribution is -2.32. The molecule has 1 heterocycles. The van der Waals surface area contributed by atoms with Crippen molar-refractivity contribution in [2.75, 3.05) is 6.61 Å². The largest absolute Gasteiger partial charge is 0.365 e. The van der Waals surface area contributed by atoms with E-state index in [4.69, 9.17) is 4.74 Å². The third kappa shape index (κ3) is 1.20. The minimum Gasteiger partial charge on any atom is -0.365 e. The van der Waals surface area contributed by atoms with Crippen molar-refractivity contribution >= 4 is 0 Å². The van der Waals surface area contributed by atoms with Crippen LogP contribution in [-0.2, 0) is 10.3 Å². The summed E-state index contributed by atoms with van der Waals surface area (Å²) in [6.45, 7) is 0.878. The minimum absolute atomic E-state index is 0.161. The Balaban J connectivity index is 2.03. The van der Waals surface area contributed by atoms with Crippen LogP contribution in [0.25, 0.3) is 11.1 Å². The van der Waals surface area contributed by atoms with Gasteiger partial charge in [0.25, 0.3) is 0 Å². The van der Waals surface area contributed by atoms with Gasteiger partial charge in [0, 0.05) is 6.61 Å². The molecule has 2 aliphatic rings. The Morgan fingerprint density at radius 3 is 1.94 bits per heavy atom. The van der Waals surface area contributed by atoms with E-state index in [9.17, 15) is 0 Å². The number of hydrogen-bond acceptors (Lipinski definition) is 1. The van der Waals surface area contributed by atoms with E-state index in [-0.39, 0.29) is 5.60 Å². The monoisotopic (exact) mass is 236 g/mol. The van der Waals surface area contributed by atoms with Gasteiger partial charge in [-0.1, -0.05) is 48.5 Å². The van der Waals surface area contributed by atoms with Crippen molar-refractivity contribution in [1.82, 2.24) is 0 Å². The molecule has 1 saturated heterocycles. The quantitative estimate of drug-likeness (QED) is 0.669. The van der Waals surface area contributed by atoms with Gasteiger partial charge in [0.15, 0.2) is 0 Å². The number of hydrogen-bond donors (Lipinski definition) is 0. The molecule has 0 unspecified atom stereocenters. The molecular weight excluding hydrogens is 220 g/mol. The number of benzene rings is 2. The average molecular weight is 236 g/mol. The first-order chi connectivity index (χ1) is 8.92. The van der Waals surface area contributed by atoms with Gasteiger partial charge in [0.2, 0.25) is 0 Å². The van der Waals surface area contributed by atoms with Crippen LogP contribution in [0.2, 0.25) is 0 Å². The number of fused-ring (bicyclic) bond motifs is 5. The first-order valence-electron chi connectivity index (χ1n) is 6.75. The van der Waals surface area contributed by atoms with E-state index < -0.39 is 0 Å². The molecule has 90 valence electrons. The summed E-state index contributed by atoms with van der Waals surface area (Å²) in [6, 6.07) is 17.4. The molecule has 0 bridgehead atoms. The topological polar surface area (TPSA) is 9.23 Å². The van der Waals surface area contributed by atoms with Gasteiger partial charge in [-0.05, 0) is 41.5 Å². The number of rotatable bonds is 0. The highest BCUT2D eigenvalue weighted by atomic mass is 16.5. The Morgan fingerprint density at radius 2 is 1.39 bits per heavy atom. The van der Waals surface area contributed by atoms with Crippen molar-refractivity contribution < 1.29 is 4.74 Å². The molecule has 2 aromatic carbocycles. The highest BCUT2D eigenvalue weighted by Crippen LogP contribution is 2.53. The molecule has 1 aliphatic carbocycles. The van der Waals surface area contributed by atoms with Crippen LogP contribution in [0.5, 0.6) is 0 Å². The molecular formula is C17H16O. The van der Waals surface area contributed by atoms with Crippen LogP contribution in [0.15, 0.2) is 48.5 Å². The summed E-state index contributed by atoms with van der Waals surface area (Å²) in [7, 11) is 0. The minimum atomic E-state index is -0.161. The fraction of sp³-hybridized carbons (Fsp3) is 0.294. The van der Waals surface area contributed by atoms with E-state index in [2.05, 4.69) is 48.5 Å². The maximum Gasteiger partial charge on any atom is 0.119 e. The van der Waals surface area contributed by atoms with Crippen LogP contribution >= 0.6 is 0 Å². The van der Waals surface area contributed by atoms with Crippen LogP contribution < -0.4 is 0 Å². The molecule has 1 heteroatoms. The smallest absolute Gasteiger partial charge is 0.119 e. The van der Waals surface area contributed by atoms with Gasteiger partial charge in [0.1, 0.15) is 5.60 Å². The molecule has 2 aromatic rings. The predicted octanol–water partition coefficient (Wildman–Crippen LogP) is 4.11. The second-order valence-corrected chi connectivity index (χ2v) is 5.22. The summed E-state index contributed by atoms with van der Waals surface area (Å²) < 4.78 is 6.28. The molecule has 0 radical (unpaired) electrons. The molecule has 0 saturated carbocycles. The summed E-state index contributed by atoms with van der Waals surface area (Å²) in [6.07, 6.45) is 3.55. The van der Waals surface area contributed by atoms with E-state index in [1.54, 1.807) is 0 Å². The molecule has 18 heavy (non-hydrogen) atoms. The Labute approximate surface area is 107 Å². The second kappa shape index (κ2) is 3.69. The van der Waals surface area contributed by atoms with Crippen LogP contribution in [0.4, 0.5) is 0 Å². The van der Waals surface area contributed by atoms with Crippen molar-refractivity contribution in [3.8, 4) is 11.1 Å². The Bertz CT molecular complexity index is 547. The van der Waals surface area contributed by atoms with Gasteiger partial charge in [-0.3, -0.25) is 0 Å². The fourth-order valence-electron chi connectivity index (χ4n) is 3.50. The predicted molar refractivity (Wildman–Crippen MR) is 72.5 cm³/mol. The molecule has 1 spiro atoms. The number of ether oxygens (including phenoxy) is 1. The van der Waals surface area contributed by atoms with Crippen molar-refractivity contribution in [3.05, 3.63) is 59.7 Å². The lowest BCUT2D eigenvalue weighted by molar-refractivity contribution is -0.0502. The molecule has 1 nitrogen and oxygen atoms in total. The van der Waals surface area contributed by atoms with Gasteiger partial charge < -0.3 is 4.74 Å². The SMILES string of the molecule is c1ccc2c(c1)-c1ccccc1C21CCCCO1.